The zero-order valence-corrected chi connectivity index (χ0v) is 20.7. The van der Waals surface area contributed by atoms with Gasteiger partial charge in [0.2, 0.25) is 0 Å². The number of benzene rings is 1. The lowest BCUT2D eigenvalue weighted by Crippen LogP contribution is -2.05. The molecule has 158 valence electrons. The smallest absolute Gasteiger partial charge is 0.125 e. The summed E-state index contributed by atoms with van der Waals surface area (Å²) in [5, 5.41) is 3.95. The number of unbranched alkanes of at least 4 members (excludes halogenated alkanes) is 2. The fraction of sp³-hybridized carbons (Fsp3) is 0.591. The Morgan fingerprint density at radius 2 is 1.71 bits per heavy atom. The van der Waals surface area contributed by atoms with Crippen LogP contribution in [0.5, 0.6) is 11.5 Å². The lowest BCUT2D eigenvalue weighted by Gasteiger charge is -2.17. The van der Waals surface area contributed by atoms with E-state index in [9.17, 15) is 0 Å². The monoisotopic (exact) mass is 517 g/mol. The van der Waals surface area contributed by atoms with Gasteiger partial charge < -0.3 is 14.3 Å². The minimum Gasteiger partial charge on any atom is -0.493 e. The highest BCUT2D eigenvalue weighted by Crippen LogP contribution is 2.31. The quantitative estimate of drug-likeness (QED) is 0.149. The SMILES string of the molecule is CCCc1cc(OCC=C(Br)Br)cc(CC)c1OCCCCCON=C(C)C. The fourth-order valence-corrected chi connectivity index (χ4v) is 2.97. The summed E-state index contributed by atoms with van der Waals surface area (Å²) in [7, 11) is 0. The summed E-state index contributed by atoms with van der Waals surface area (Å²) in [6.45, 7) is 10.1. The summed E-state index contributed by atoms with van der Waals surface area (Å²) in [6, 6.07) is 4.22. The maximum Gasteiger partial charge on any atom is 0.125 e. The van der Waals surface area contributed by atoms with Gasteiger partial charge >= 0.3 is 0 Å². The van der Waals surface area contributed by atoms with Crippen molar-refractivity contribution in [1.82, 2.24) is 0 Å². The first-order valence-electron chi connectivity index (χ1n) is 10.0. The van der Waals surface area contributed by atoms with Crippen LogP contribution >= 0.6 is 31.9 Å². The molecule has 1 aromatic rings. The van der Waals surface area contributed by atoms with Crippen LogP contribution in [-0.4, -0.2) is 25.5 Å². The third kappa shape index (κ3) is 10.5. The van der Waals surface area contributed by atoms with E-state index in [1.165, 1.54) is 11.1 Å². The number of ether oxygens (including phenoxy) is 2. The van der Waals surface area contributed by atoms with Crippen LogP contribution < -0.4 is 9.47 Å². The molecular formula is C22H33Br2NO3. The average Bonchev–Trinajstić information content (AvgIpc) is 2.64. The molecule has 0 N–H and O–H groups in total. The lowest BCUT2D eigenvalue weighted by molar-refractivity contribution is 0.138. The van der Waals surface area contributed by atoms with E-state index in [-0.39, 0.29) is 0 Å². The highest BCUT2D eigenvalue weighted by atomic mass is 79.9. The first kappa shape index (κ1) is 25.0. The van der Waals surface area contributed by atoms with Crippen LogP contribution in [0.25, 0.3) is 0 Å². The van der Waals surface area contributed by atoms with E-state index in [2.05, 4.69) is 63.0 Å². The molecule has 0 fully saturated rings. The third-order valence-corrected chi connectivity index (χ3v) is 4.63. The van der Waals surface area contributed by atoms with Crippen LogP contribution in [0, 0.1) is 0 Å². The van der Waals surface area contributed by atoms with E-state index in [1.807, 2.05) is 19.9 Å². The van der Waals surface area contributed by atoms with Gasteiger partial charge in [-0.1, -0.05) is 25.4 Å². The lowest BCUT2D eigenvalue weighted by atomic mass is 10.0. The number of hydrogen-bond donors (Lipinski definition) is 0. The molecule has 0 aliphatic heterocycles. The number of oxime groups is 1. The number of halogens is 2. The predicted molar refractivity (Wildman–Crippen MR) is 125 cm³/mol. The standard InChI is InChI=1S/C22H33Br2NO3/c1-5-10-19-16-20(26-14-11-21(23)24)15-18(6-2)22(19)27-12-8-7-9-13-28-25-17(3)4/h11,15-16H,5-10,12-14H2,1-4H3. The molecule has 0 bridgehead atoms. The van der Waals surface area contributed by atoms with Crippen LogP contribution in [0.2, 0.25) is 0 Å². The minimum atomic E-state index is 0.518. The Balaban J connectivity index is 2.62. The van der Waals surface area contributed by atoms with Crippen LogP contribution in [-0.2, 0) is 17.7 Å². The summed E-state index contributed by atoms with van der Waals surface area (Å²) < 4.78 is 13.0. The second-order valence-electron chi connectivity index (χ2n) is 6.76. The van der Waals surface area contributed by atoms with E-state index in [0.29, 0.717) is 13.2 Å². The van der Waals surface area contributed by atoms with Crippen LogP contribution in [0.3, 0.4) is 0 Å². The number of rotatable bonds is 14. The number of hydrogen-bond acceptors (Lipinski definition) is 4. The van der Waals surface area contributed by atoms with Crippen molar-refractivity contribution in [2.75, 3.05) is 19.8 Å². The molecule has 1 aromatic carbocycles. The summed E-state index contributed by atoms with van der Waals surface area (Å²) in [5.74, 6) is 1.94. The second-order valence-corrected chi connectivity index (χ2v) is 9.53. The van der Waals surface area contributed by atoms with Crippen molar-refractivity contribution < 1.29 is 14.3 Å². The highest BCUT2D eigenvalue weighted by Gasteiger charge is 2.12. The molecule has 0 aliphatic carbocycles. The van der Waals surface area contributed by atoms with Crippen molar-refractivity contribution >= 4 is 37.6 Å². The molecule has 0 radical (unpaired) electrons. The zero-order chi connectivity index (χ0) is 20.8. The Labute approximate surface area is 187 Å². The Bertz CT molecular complexity index is 637. The first-order valence-corrected chi connectivity index (χ1v) is 11.6. The van der Waals surface area contributed by atoms with Crippen molar-refractivity contribution in [3.8, 4) is 11.5 Å². The molecule has 0 unspecified atom stereocenters. The van der Waals surface area contributed by atoms with E-state index < -0.39 is 0 Å². The van der Waals surface area contributed by atoms with Crippen molar-refractivity contribution in [3.05, 3.63) is 32.7 Å². The van der Waals surface area contributed by atoms with E-state index in [0.717, 1.165) is 65.7 Å². The van der Waals surface area contributed by atoms with Gasteiger partial charge in [0.25, 0.3) is 0 Å². The maximum atomic E-state index is 6.20. The molecule has 6 heteroatoms. The maximum absolute atomic E-state index is 6.20. The average molecular weight is 519 g/mol. The van der Waals surface area contributed by atoms with Crippen molar-refractivity contribution in [3.63, 3.8) is 0 Å². The number of aryl methyl sites for hydroxylation is 2. The minimum absolute atomic E-state index is 0.518. The first-order chi connectivity index (χ1) is 13.5. The van der Waals surface area contributed by atoms with Gasteiger partial charge in [0.1, 0.15) is 24.7 Å². The largest absolute Gasteiger partial charge is 0.493 e. The van der Waals surface area contributed by atoms with E-state index in [4.69, 9.17) is 14.3 Å². The van der Waals surface area contributed by atoms with Gasteiger partial charge in [-0.15, -0.1) is 0 Å². The summed E-state index contributed by atoms with van der Waals surface area (Å²) in [4.78, 5) is 5.23. The molecule has 1 rings (SSSR count). The van der Waals surface area contributed by atoms with Crippen LogP contribution in [0.4, 0.5) is 0 Å². The van der Waals surface area contributed by atoms with Crippen molar-refractivity contribution in [1.29, 1.82) is 0 Å². The van der Waals surface area contributed by atoms with E-state index in [1.54, 1.807) is 0 Å². The summed E-state index contributed by atoms with van der Waals surface area (Å²) in [5.41, 5.74) is 3.39. The normalized spacial score (nSPS) is 10.4. The fourth-order valence-electron chi connectivity index (χ4n) is 2.70. The summed E-state index contributed by atoms with van der Waals surface area (Å²) in [6.07, 6.45) is 7.99. The van der Waals surface area contributed by atoms with Gasteiger partial charge in [-0.05, 0) is 107 Å². The Morgan fingerprint density at radius 3 is 2.36 bits per heavy atom. The van der Waals surface area contributed by atoms with Gasteiger partial charge in [-0.3, -0.25) is 0 Å². The Kier molecular flexibility index (Phi) is 13.3. The van der Waals surface area contributed by atoms with Gasteiger partial charge in [0.15, 0.2) is 0 Å². The molecule has 0 amide bonds. The Hall–Kier alpha value is -1.01. The van der Waals surface area contributed by atoms with Gasteiger partial charge in [-0.2, -0.15) is 0 Å². The predicted octanol–water partition coefficient (Wildman–Crippen LogP) is 7.17. The molecule has 0 aliphatic rings. The van der Waals surface area contributed by atoms with Crippen LogP contribution in [0.1, 0.15) is 64.5 Å². The van der Waals surface area contributed by atoms with Gasteiger partial charge in [-0.25, -0.2) is 0 Å². The number of nitrogens with zero attached hydrogens (tertiary/aromatic N) is 1. The van der Waals surface area contributed by atoms with E-state index >= 15 is 0 Å². The molecule has 4 nitrogen and oxygen atoms in total. The van der Waals surface area contributed by atoms with Gasteiger partial charge in [0, 0.05) is 0 Å². The summed E-state index contributed by atoms with van der Waals surface area (Å²) >= 11 is 6.70. The topological polar surface area (TPSA) is 40.0 Å². The molecule has 0 aromatic heterocycles. The third-order valence-electron chi connectivity index (χ3n) is 3.98. The highest BCUT2D eigenvalue weighted by molar-refractivity contribution is 9.28. The van der Waals surface area contributed by atoms with Crippen molar-refractivity contribution in [2.24, 2.45) is 5.16 Å². The molecule has 0 saturated heterocycles. The molecule has 0 heterocycles. The molecular weight excluding hydrogens is 486 g/mol. The molecule has 0 spiro atoms. The van der Waals surface area contributed by atoms with Gasteiger partial charge in [0.05, 0.1) is 15.7 Å². The molecule has 0 saturated carbocycles. The zero-order valence-electron chi connectivity index (χ0n) is 17.5. The second kappa shape index (κ2) is 14.9. The molecule has 28 heavy (non-hydrogen) atoms. The molecule has 0 atom stereocenters. The Morgan fingerprint density at radius 1 is 1.00 bits per heavy atom. The van der Waals surface area contributed by atoms with Crippen LogP contribution in [0.15, 0.2) is 26.8 Å². The van der Waals surface area contributed by atoms with Crippen molar-refractivity contribution in [2.45, 2.75) is 66.2 Å².